The Morgan fingerprint density at radius 3 is 2.46 bits per heavy atom. The van der Waals surface area contributed by atoms with Crippen LogP contribution in [0, 0.1) is 0 Å². The van der Waals surface area contributed by atoms with E-state index in [4.69, 9.17) is 4.74 Å². The van der Waals surface area contributed by atoms with Crippen LogP contribution in [0.3, 0.4) is 0 Å². The average molecular weight is 204 g/mol. The van der Waals surface area contributed by atoms with E-state index in [1.54, 1.807) is 24.3 Å². The lowest BCUT2D eigenvalue weighted by atomic mass is 10.3. The number of hydroxylamine groups is 1. The van der Waals surface area contributed by atoms with Crippen molar-refractivity contribution in [2.24, 2.45) is 0 Å². The molecule has 0 aliphatic rings. The van der Waals surface area contributed by atoms with E-state index < -0.39 is 6.16 Å². The summed E-state index contributed by atoms with van der Waals surface area (Å²) in [5, 5.41) is 0. The molecule has 0 amide bonds. The van der Waals surface area contributed by atoms with Crippen LogP contribution in [0.4, 0.5) is 4.79 Å². The first-order chi connectivity index (χ1) is 5.83. The molecule has 13 heavy (non-hydrogen) atoms. The Labute approximate surface area is 82.2 Å². The minimum atomic E-state index is -0.774. The Balaban J connectivity index is 0.00000144. The number of carbonyl (C=O) groups excluding carboxylic acids is 1. The number of rotatable bonds is 2. The molecular formula is C8H10ClNO3. The van der Waals surface area contributed by atoms with Gasteiger partial charge in [-0.25, -0.2) is 4.79 Å². The van der Waals surface area contributed by atoms with Crippen molar-refractivity contribution in [2.75, 3.05) is 7.05 Å². The summed E-state index contributed by atoms with van der Waals surface area (Å²) in [6.07, 6.45) is -0.774. The second-order valence-corrected chi connectivity index (χ2v) is 1.97. The second kappa shape index (κ2) is 6.28. The maximum atomic E-state index is 10.7. The lowest BCUT2D eigenvalue weighted by Gasteiger charge is -2.01. The monoisotopic (exact) mass is 203 g/mol. The smallest absolute Gasteiger partial charge is 0.394 e. The van der Waals surface area contributed by atoms with Gasteiger partial charge in [-0.1, -0.05) is 18.2 Å². The van der Waals surface area contributed by atoms with Gasteiger partial charge in [0.25, 0.3) is 0 Å². The van der Waals surface area contributed by atoms with E-state index in [0.717, 1.165) is 0 Å². The zero-order valence-electron chi connectivity index (χ0n) is 7.02. The predicted octanol–water partition coefficient (Wildman–Crippen LogP) is 1.76. The van der Waals surface area contributed by atoms with E-state index in [9.17, 15) is 4.79 Å². The lowest BCUT2D eigenvalue weighted by Crippen LogP contribution is -2.18. The van der Waals surface area contributed by atoms with Gasteiger partial charge in [-0.15, -0.1) is 12.4 Å². The standard InChI is InChI=1S/C8H9NO3.ClH/c1-9-12-8(10)11-7-5-3-2-4-6-7;/h2-6,9H,1H3;1H. The zero-order valence-corrected chi connectivity index (χ0v) is 7.84. The number of nitrogens with one attached hydrogen (secondary N) is 1. The first-order valence-corrected chi connectivity index (χ1v) is 3.43. The SMILES string of the molecule is CNOC(=O)Oc1ccccc1.Cl. The zero-order chi connectivity index (χ0) is 8.81. The van der Waals surface area contributed by atoms with E-state index in [1.165, 1.54) is 7.05 Å². The molecule has 0 saturated heterocycles. The molecule has 0 spiro atoms. The number of halogens is 1. The molecule has 0 saturated carbocycles. The van der Waals surface area contributed by atoms with Crippen LogP contribution in [0.5, 0.6) is 5.75 Å². The molecule has 0 atom stereocenters. The molecule has 0 aliphatic heterocycles. The third kappa shape index (κ3) is 4.35. The van der Waals surface area contributed by atoms with E-state index in [0.29, 0.717) is 5.75 Å². The van der Waals surface area contributed by atoms with Crippen molar-refractivity contribution in [3.05, 3.63) is 30.3 Å². The van der Waals surface area contributed by atoms with Crippen LogP contribution in [-0.2, 0) is 4.84 Å². The third-order valence-electron chi connectivity index (χ3n) is 1.13. The van der Waals surface area contributed by atoms with Crippen LogP contribution in [0.1, 0.15) is 0 Å². The summed E-state index contributed by atoms with van der Waals surface area (Å²) in [5.74, 6) is 0.456. The summed E-state index contributed by atoms with van der Waals surface area (Å²) >= 11 is 0. The number of hydrogen-bond donors (Lipinski definition) is 1. The van der Waals surface area contributed by atoms with Gasteiger partial charge in [0.2, 0.25) is 0 Å². The molecule has 0 heterocycles. The van der Waals surface area contributed by atoms with Gasteiger partial charge in [0, 0.05) is 7.05 Å². The Bertz CT molecular complexity index is 253. The molecule has 0 fully saturated rings. The molecule has 4 nitrogen and oxygen atoms in total. The molecule has 0 aromatic heterocycles. The number of ether oxygens (including phenoxy) is 1. The van der Waals surface area contributed by atoms with Gasteiger partial charge in [0.15, 0.2) is 0 Å². The summed E-state index contributed by atoms with van der Waals surface area (Å²) < 4.78 is 4.73. The molecule has 72 valence electrons. The van der Waals surface area contributed by atoms with Crippen LogP contribution in [0.15, 0.2) is 30.3 Å². The van der Waals surface area contributed by atoms with Gasteiger partial charge < -0.3 is 9.57 Å². The molecular weight excluding hydrogens is 194 g/mol. The minimum Gasteiger partial charge on any atom is -0.394 e. The van der Waals surface area contributed by atoms with E-state index in [1.807, 2.05) is 6.07 Å². The fraction of sp³-hybridized carbons (Fsp3) is 0.125. The Morgan fingerprint density at radius 2 is 1.92 bits per heavy atom. The maximum Gasteiger partial charge on any atom is 0.533 e. The fourth-order valence-corrected chi connectivity index (χ4v) is 0.689. The molecule has 1 aromatic carbocycles. The molecule has 5 heteroatoms. The van der Waals surface area contributed by atoms with Crippen molar-refractivity contribution in [1.82, 2.24) is 5.48 Å². The second-order valence-electron chi connectivity index (χ2n) is 1.97. The van der Waals surface area contributed by atoms with Crippen molar-refractivity contribution in [1.29, 1.82) is 0 Å². The van der Waals surface area contributed by atoms with Gasteiger partial charge in [-0.3, -0.25) is 0 Å². The summed E-state index contributed by atoms with van der Waals surface area (Å²) in [4.78, 5) is 15.0. The minimum absolute atomic E-state index is 0. The van der Waals surface area contributed by atoms with Crippen LogP contribution in [0.25, 0.3) is 0 Å². The third-order valence-corrected chi connectivity index (χ3v) is 1.13. The van der Waals surface area contributed by atoms with E-state index in [-0.39, 0.29) is 12.4 Å². The summed E-state index contributed by atoms with van der Waals surface area (Å²) in [6.45, 7) is 0. The first-order valence-electron chi connectivity index (χ1n) is 3.43. The Kier molecular flexibility index (Phi) is 5.67. The summed E-state index contributed by atoms with van der Waals surface area (Å²) in [6, 6.07) is 8.69. The van der Waals surface area contributed by atoms with Crippen molar-refractivity contribution in [2.45, 2.75) is 0 Å². The quantitative estimate of drug-likeness (QED) is 0.452. The molecule has 0 bridgehead atoms. The molecule has 0 unspecified atom stereocenters. The predicted molar refractivity (Wildman–Crippen MR) is 49.9 cm³/mol. The largest absolute Gasteiger partial charge is 0.533 e. The Hall–Kier alpha value is -1.26. The summed E-state index contributed by atoms with van der Waals surface area (Å²) in [7, 11) is 1.48. The molecule has 1 rings (SSSR count). The van der Waals surface area contributed by atoms with Gasteiger partial charge in [0.1, 0.15) is 5.75 Å². The van der Waals surface area contributed by atoms with Crippen LogP contribution in [0.2, 0.25) is 0 Å². The van der Waals surface area contributed by atoms with Gasteiger partial charge >= 0.3 is 6.16 Å². The van der Waals surface area contributed by atoms with E-state index >= 15 is 0 Å². The van der Waals surface area contributed by atoms with Crippen LogP contribution >= 0.6 is 12.4 Å². The fourth-order valence-electron chi connectivity index (χ4n) is 0.689. The van der Waals surface area contributed by atoms with Crippen molar-refractivity contribution in [3.8, 4) is 5.75 Å². The molecule has 1 aromatic rings. The topological polar surface area (TPSA) is 47.6 Å². The molecule has 0 aliphatic carbocycles. The average Bonchev–Trinajstić information content (AvgIpc) is 2.06. The Morgan fingerprint density at radius 1 is 1.31 bits per heavy atom. The normalized spacial score (nSPS) is 8.38. The van der Waals surface area contributed by atoms with Crippen molar-refractivity contribution in [3.63, 3.8) is 0 Å². The lowest BCUT2D eigenvalue weighted by molar-refractivity contribution is 0.0610. The highest BCUT2D eigenvalue weighted by atomic mass is 35.5. The molecule has 0 radical (unpaired) electrons. The highest BCUT2D eigenvalue weighted by molar-refractivity contribution is 5.85. The first kappa shape index (κ1) is 11.7. The number of benzene rings is 1. The van der Waals surface area contributed by atoms with Crippen LogP contribution in [-0.4, -0.2) is 13.2 Å². The van der Waals surface area contributed by atoms with Crippen molar-refractivity contribution >= 4 is 18.6 Å². The van der Waals surface area contributed by atoms with Gasteiger partial charge in [-0.05, 0) is 12.1 Å². The highest BCUT2D eigenvalue weighted by Crippen LogP contribution is 2.08. The highest BCUT2D eigenvalue weighted by Gasteiger charge is 2.02. The van der Waals surface area contributed by atoms with E-state index in [2.05, 4.69) is 10.3 Å². The number of carbonyl (C=O) groups is 1. The molecule has 1 N–H and O–H groups in total. The van der Waals surface area contributed by atoms with Gasteiger partial charge in [0.05, 0.1) is 0 Å². The van der Waals surface area contributed by atoms with Crippen LogP contribution < -0.4 is 10.2 Å². The number of para-hydroxylation sites is 1. The number of hydrogen-bond acceptors (Lipinski definition) is 4. The maximum absolute atomic E-state index is 10.7. The van der Waals surface area contributed by atoms with Gasteiger partial charge in [-0.2, -0.15) is 5.48 Å². The van der Waals surface area contributed by atoms with Crippen molar-refractivity contribution < 1.29 is 14.4 Å². The summed E-state index contributed by atoms with van der Waals surface area (Å²) in [5.41, 5.74) is 2.21.